The fourth-order valence-corrected chi connectivity index (χ4v) is 2.95. The number of nitrogens with zero attached hydrogens (tertiary/aromatic N) is 1. The molecule has 1 aromatic rings. The monoisotopic (exact) mass is 319 g/mol. The standard InChI is InChI=1S/C18H25NO4/c1-12-8-15(18(21)22)11-19(10-12)17(20)6-7-23-16-5-4-13(2)14(3)9-16/h4-5,9,12,15H,6-8,10-11H2,1-3H3,(H,21,22). The van der Waals surface area contributed by atoms with E-state index in [1.165, 1.54) is 5.56 Å². The van der Waals surface area contributed by atoms with Crippen molar-refractivity contribution in [2.45, 2.75) is 33.6 Å². The Bertz CT molecular complexity index is 584. The molecule has 0 radical (unpaired) electrons. The molecule has 1 saturated heterocycles. The first kappa shape index (κ1) is 17.3. The molecule has 1 aliphatic heterocycles. The van der Waals surface area contributed by atoms with Gasteiger partial charge in [-0.1, -0.05) is 13.0 Å². The Morgan fingerprint density at radius 3 is 2.65 bits per heavy atom. The molecule has 1 amide bonds. The van der Waals surface area contributed by atoms with Gasteiger partial charge in [-0.25, -0.2) is 0 Å². The summed E-state index contributed by atoms with van der Waals surface area (Å²) in [5.41, 5.74) is 2.36. The fraction of sp³-hybridized carbons (Fsp3) is 0.556. The molecule has 5 nitrogen and oxygen atoms in total. The van der Waals surface area contributed by atoms with Gasteiger partial charge in [-0.3, -0.25) is 9.59 Å². The Morgan fingerprint density at radius 1 is 1.26 bits per heavy atom. The van der Waals surface area contributed by atoms with Gasteiger partial charge < -0.3 is 14.7 Å². The van der Waals surface area contributed by atoms with Gasteiger partial charge in [0.25, 0.3) is 0 Å². The average molecular weight is 319 g/mol. The number of carboxylic acids is 1. The van der Waals surface area contributed by atoms with Crippen molar-refractivity contribution >= 4 is 11.9 Å². The first-order chi connectivity index (χ1) is 10.9. The van der Waals surface area contributed by atoms with Crippen LogP contribution in [0.2, 0.25) is 0 Å². The summed E-state index contributed by atoms with van der Waals surface area (Å²) in [5.74, 6) is -0.332. The first-order valence-electron chi connectivity index (χ1n) is 8.07. The third-order valence-corrected chi connectivity index (χ3v) is 4.42. The van der Waals surface area contributed by atoms with Crippen LogP contribution in [-0.2, 0) is 9.59 Å². The third kappa shape index (κ3) is 4.71. The first-order valence-corrected chi connectivity index (χ1v) is 8.07. The SMILES string of the molecule is Cc1ccc(OCCC(=O)N2CC(C)CC(C(=O)O)C2)cc1C. The highest BCUT2D eigenvalue weighted by atomic mass is 16.5. The van der Waals surface area contributed by atoms with Crippen molar-refractivity contribution in [3.8, 4) is 5.75 Å². The average Bonchev–Trinajstić information content (AvgIpc) is 2.50. The number of carbonyl (C=O) groups is 2. The van der Waals surface area contributed by atoms with Crippen LogP contribution in [0.3, 0.4) is 0 Å². The zero-order chi connectivity index (χ0) is 17.0. The highest BCUT2D eigenvalue weighted by Crippen LogP contribution is 2.22. The van der Waals surface area contributed by atoms with Crippen LogP contribution in [-0.4, -0.2) is 41.6 Å². The topological polar surface area (TPSA) is 66.8 Å². The maximum Gasteiger partial charge on any atom is 0.308 e. The normalized spacial score (nSPS) is 21.1. The van der Waals surface area contributed by atoms with E-state index in [9.17, 15) is 9.59 Å². The number of carboxylic acid groups (broad SMARTS) is 1. The Balaban J connectivity index is 1.84. The largest absolute Gasteiger partial charge is 0.493 e. The summed E-state index contributed by atoms with van der Waals surface area (Å²) in [6.07, 6.45) is 0.907. The molecule has 1 fully saturated rings. The second-order valence-electron chi connectivity index (χ2n) is 6.52. The molecular weight excluding hydrogens is 294 g/mol. The second-order valence-corrected chi connectivity index (χ2v) is 6.52. The predicted octanol–water partition coefficient (Wildman–Crippen LogP) is 2.64. The minimum Gasteiger partial charge on any atom is -0.493 e. The molecule has 0 bridgehead atoms. The van der Waals surface area contributed by atoms with Gasteiger partial charge in [-0.15, -0.1) is 0 Å². The third-order valence-electron chi connectivity index (χ3n) is 4.42. The lowest BCUT2D eigenvalue weighted by Gasteiger charge is -2.34. The predicted molar refractivity (Wildman–Crippen MR) is 87.5 cm³/mol. The minimum atomic E-state index is -0.819. The number of piperidine rings is 1. The molecule has 0 aromatic heterocycles. The summed E-state index contributed by atoms with van der Waals surface area (Å²) < 4.78 is 5.64. The van der Waals surface area contributed by atoms with Gasteiger partial charge in [0.2, 0.25) is 5.91 Å². The smallest absolute Gasteiger partial charge is 0.308 e. The van der Waals surface area contributed by atoms with Gasteiger partial charge in [-0.2, -0.15) is 0 Å². The van der Waals surface area contributed by atoms with Crippen molar-refractivity contribution in [2.24, 2.45) is 11.8 Å². The maximum absolute atomic E-state index is 12.3. The zero-order valence-electron chi connectivity index (χ0n) is 14.0. The number of aryl methyl sites for hydroxylation is 2. The summed E-state index contributed by atoms with van der Waals surface area (Å²) in [6.45, 7) is 7.30. The molecule has 1 aromatic carbocycles. The van der Waals surface area contributed by atoms with E-state index in [4.69, 9.17) is 9.84 Å². The maximum atomic E-state index is 12.3. The number of ether oxygens (including phenoxy) is 1. The van der Waals surface area contributed by atoms with E-state index in [-0.39, 0.29) is 18.2 Å². The molecule has 1 heterocycles. The molecule has 2 rings (SSSR count). The van der Waals surface area contributed by atoms with Crippen molar-refractivity contribution < 1.29 is 19.4 Å². The van der Waals surface area contributed by atoms with Crippen molar-refractivity contribution in [1.29, 1.82) is 0 Å². The number of hydrogen-bond acceptors (Lipinski definition) is 3. The molecular formula is C18H25NO4. The van der Waals surface area contributed by atoms with Gasteiger partial charge in [0, 0.05) is 13.1 Å². The van der Waals surface area contributed by atoms with E-state index in [0.29, 0.717) is 26.1 Å². The molecule has 0 saturated carbocycles. The molecule has 126 valence electrons. The molecule has 2 atom stereocenters. The fourth-order valence-electron chi connectivity index (χ4n) is 2.95. The van der Waals surface area contributed by atoms with E-state index < -0.39 is 11.9 Å². The van der Waals surface area contributed by atoms with Crippen LogP contribution in [0.5, 0.6) is 5.75 Å². The second kappa shape index (κ2) is 7.49. The van der Waals surface area contributed by atoms with Gasteiger partial charge in [0.1, 0.15) is 5.75 Å². The highest BCUT2D eigenvalue weighted by Gasteiger charge is 2.31. The van der Waals surface area contributed by atoms with Crippen molar-refractivity contribution in [3.63, 3.8) is 0 Å². The quantitative estimate of drug-likeness (QED) is 0.906. The lowest BCUT2D eigenvalue weighted by atomic mass is 9.90. The minimum absolute atomic E-state index is 0.0355. The summed E-state index contributed by atoms with van der Waals surface area (Å²) in [7, 11) is 0. The van der Waals surface area contributed by atoms with Crippen LogP contribution in [0.4, 0.5) is 0 Å². The summed E-state index contributed by atoms with van der Waals surface area (Å²) in [4.78, 5) is 25.1. The molecule has 2 unspecified atom stereocenters. The van der Waals surface area contributed by atoms with Crippen LogP contribution in [0.25, 0.3) is 0 Å². The number of hydrogen-bond donors (Lipinski definition) is 1. The Hall–Kier alpha value is -2.04. The Morgan fingerprint density at radius 2 is 2.00 bits per heavy atom. The number of rotatable bonds is 5. The van der Waals surface area contributed by atoms with Crippen LogP contribution in [0, 0.1) is 25.7 Å². The van der Waals surface area contributed by atoms with E-state index in [1.54, 1.807) is 4.90 Å². The van der Waals surface area contributed by atoms with E-state index >= 15 is 0 Å². The molecule has 23 heavy (non-hydrogen) atoms. The van der Waals surface area contributed by atoms with E-state index in [0.717, 1.165) is 11.3 Å². The number of carbonyl (C=O) groups excluding carboxylic acids is 1. The summed E-state index contributed by atoms with van der Waals surface area (Å²) in [6, 6.07) is 5.86. The zero-order valence-corrected chi connectivity index (χ0v) is 14.0. The lowest BCUT2D eigenvalue weighted by molar-refractivity contribution is -0.147. The van der Waals surface area contributed by atoms with E-state index in [2.05, 4.69) is 0 Å². The van der Waals surface area contributed by atoms with Crippen LogP contribution in [0.15, 0.2) is 18.2 Å². The van der Waals surface area contributed by atoms with Gasteiger partial charge in [-0.05, 0) is 49.4 Å². The van der Waals surface area contributed by atoms with Crippen LogP contribution >= 0.6 is 0 Å². The highest BCUT2D eigenvalue weighted by molar-refractivity contribution is 5.78. The molecule has 1 aliphatic rings. The van der Waals surface area contributed by atoms with Gasteiger partial charge in [0.05, 0.1) is 18.9 Å². The van der Waals surface area contributed by atoms with Gasteiger partial charge >= 0.3 is 5.97 Å². The number of amides is 1. The van der Waals surface area contributed by atoms with Gasteiger partial charge in [0.15, 0.2) is 0 Å². The molecule has 0 spiro atoms. The number of aliphatic carboxylic acids is 1. The molecule has 5 heteroatoms. The van der Waals surface area contributed by atoms with Crippen molar-refractivity contribution in [2.75, 3.05) is 19.7 Å². The van der Waals surface area contributed by atoms with E-state index in [1.807, 2.05) is 39.0 Å². The van der Waals surface area contributed by atoms with Crippen molar-refractivity contribution in [1.82, 2.24) is 4.90 Å². The molecule has 0 aliphatic carbocycles. The number of benzene rings is 1. The summed E-state index contributed by atoms with van der Waals surface area (Å²) in [5, 5.41) is 9.17. The Labute approximate surface area is 137 Å². The van der Waals surface area contributed by atoms with Crippen LogP contribution < -0.4 is 4.74 Å². The van der Waals surface area contributed by atoms with Crippen molar-refractivity contribution in [3.05, 3.63) is 29.3 Å². The molecule has 1 N–H and O–H groups in total. The lowest BCUT2D eigenvalue weighted by Crippen LogP contribution is -2.45. The Kier molecular flexibility index (Phi) is 5.64. The number of likely N-dealkylation sites (tertiary alicyclic amines) is 1. The van der Waals surface area contributed by atoms with Crippen LogP contribution in [0.1, 0.15) is 30.9 Å². The summed E-state index contributed by atoms with van der Waals surface area (Å²) >= 11 is 0.